The molecule has 6 nitrogen and oxygen atoms in total. The number of carbonyl (C=O) groups excluding carboxylic acids is 2. The number of hydrogen-bond acceptors (Lipinski definition) is 6. The van der Waals surface area contributed by atoms with Crippen LogP contribution >= 0.6 is 35.1 Å². The van der Waals surface area contributed by atoms with Gasteiger partial charge in [0.2, 0.25) is 11.1 Å². The van der Waals surface area contributed by atoms with Crippen molar-refractivity contribution in [1.82, 2.24) is 10.3 Å². The molecule has 2 amide bonds. The molecule has 2 aromatic carbocycles. The Kier molecular flexibility index (Phi) is 5.73. The van der Waals surface area contributed by atoms with Crippen LogP contribution < -0.4 is 5.32 Å². The van der Waals surface area contributed by atoms with Crippen LogP contribution in [0.25, 0.3) is 6.08 Å². The Balaban J connectivity index is 1.60. The van der Waals surface area contributed by atoms with Gasteiger partial charge in [0.15, 0.2) is 5.17 Å². The molecule has 1 fully saturated rings. The predicted molar refractivity (Wildman–Crippen MR) is 124 cm³/mol. The third kappa shape index (κ3) is 4.03. The molecule has 0 aliphatic carbocycles. The summed E-state index contributed by atoms with van der Waals surface area (Å²) in [5.41, 5.74) is 1.69. The van der Waals surface area contributed by atoms with Crippen molar-refractivity contribution in [1.29, 1.82) is 0 Å². The van der Waals surface area contributed by atoms with Gasteiger partial charge >= 0.3 is 0 Å². The number of amides is 2. The highest BCUT2D eigenvalue weighted by atomic mass is 35.5. The van der Waals surface area contributed by atoms with E-state index in [-0.39, 0.29) is 11.8 Å². The number of halogens is 1. The largest absolute Gasteiger partial charge is 0.300 e. The van der Waals surface area contributed by atoms with Crippen molar-refractivity contribution in [3.63, 3.8) is 0 Å². The molecule has 0 spiro atoms. The van der Waals surface area contributed by atoms with Gasteiger partial charge < -0.3 is 5.32 Å². The highest BCUT2D eigenvalue weighted by Gasteiger charge is 2.44. The lowest BCUT2D eigenvalue weighted by Crippen LogP contribution is -2.37. The number of hydrogen-bond donors (Lipinski definition) is 1. The molecule has 2 heterocycles. The van der Waals surface area contributed by atoms with Gasteiger partial charge in [-0.25, -0.2) is 5.01 Å². The summed E-state index contributed by atoms with van der Waals surface area (Å²) in [4.78, 5) is 28.8. The molecule has 2 aromatic rings. The Bertz CT molecular complexity index is 1120. The van der Waals surface area contributed by atoms with Crippen molar-refractivity contribution >= 4 is 63.4 Å². The van der Waals surface area contributed by atoms with Crippen LogP contribution in [0.4, 0.5) is 0 Å². The van der Waals surface area contributed by atoms with Gasteiger partial charge in [0.05, 0.1) is 4.91 Å². The average molecular weight is 457 g/mol. The smallest absolute Gasteiger partial charge is 0.264 e. The van der Waals surface area contributed by atoms with E-state index in [1.807, 2.05) is 55.5 Å². The van der Waals surface area contributed by atoms with E-state index < -0.39 is 4.87 Å². The van der Waals surface area contributed by atoms with Crippen molar-refractivity contribution in [2.45, 2.75) is 18.7 Å². The molecule has 9 heteroatoms. The van der Waals surface area contributed by atoms with Crippen LogP contribution in [0.1, 0.15) is 25.0 Å². The summed E-state index contributed by atoms with van der Waals surface area (Å²) in [6, 6.07) is 17.0. The van der Waals surface area contributed by atoms with E-state index in [1.54, 1.807) is 12.1 Å². The average Bonchev–Trinajstić information content (AvgIpc) is 3.24. The Morgan fingerprint density at radius 1 is 1.20 bits per heavy atom. The van der Waals surface area contributed by atoms with Crippen LogP contribution in [0.5, 0.6) is 0 Å². The molecule has 0 bridgehead atoms. The standard InChI is InChI=1S/C21H17ClN4O2S2/c1-13(27)26-21(2,15-9-4-3-5-10-15)30-20(25-26)24-19-23-18(28)17(29-19)12-14-8-6-7-11-16(14)22/h3-12H,1-2H3,(H,23,24,25,28)/b17-12-. The van der Waals surface area contributed by atoms with Crippen molar-refractivity contribution in [2.24, 2.45) is 10.1 Å². The summed E-state index contributed by atoms with van der Waals surface area (Å²) in [7, 11) is 0. The number of benzene rings is 2. The fourth-order valence-corrected chi connectivity index (χ4v) is 5.25. The maximum atomic E-state index is 12.4. The molecule has 1 atom stereocenters. The van der Waals surface area contributed by atoms with E-state index in [0.717, 1.165) is 11.1 Å². The van der Waals surface area contributed by atoms with Gasteiger partial charge in [-0.1, -0.05) is 60.1 Å². The quantitative estimate of drug-likeness (QED) is 0.668. The fraction of sp³-hybridized carbons (Fsp3) is 0.143. The number of hydrazone groups is 1. The molecular formula is C21H17ClN4O2S2. The normalized spacial score (nSPS) is 23.8. The molecule has 0 saturated carbocycles. The molecule has 30 heavy (non-hydrogen) atoms. The van der Waals surface area contributed by atoms with Gasteiger partial charge in [-0.15, -0.1) is 5.10 Å². The van der Waals surface area contributed by atoms with Gasteiger partial charge in [-0.3, -0.25) is 9.59 Å². The number of nitrogens with one attached hydrogen (secondary N) is 1. The minimum atomic E-state index is -0.712. The number of amidine groups is 2. The topological polar surface area (TPSA) is 74.1 Å². The van der Waals surface area contributed by atoms with Crippen LogP contribution in [0.2, 0.25) is 5.02 Å². The Morgan fingerprint density at radius 2 is 1.90 bits per heavy atom. The molecule has 1 saturated heterocycles. The monoisotopic (exact) mass is 456 g/mol. The van der Waals surface area contributed by atoms with Crippen LogP contribution in [-0.4, -0.2) is 27.2 Å². The summed E-state index contributed by atoms with van der Waals surface area (Å²) in [5, 5.41) is 9.95. The van der Waals surface area contributed by atoms with Gasteiger partial charge in [0, 0.05) is 11.9 Å². The van der Waals surface area contributed by atoms with E-state index in [1.165, 1.54) is 35.5 Å². The zero-order valence-corrected chi connectivity index (χ0v) is 18.5. The molecular weight excluding hydrogens is 440 g/mol. The van der Waals surface area contributed by atoms with Crippen molar-refractivity contribution in [3.05, 3.63) is 75.7 Å². The van der Waals surface area contributed by atoms with Gasteiger partial charge in [-0.2, -0.15) is 4.99 Å². The lowest BCUT2D eigenvalue weighted by molar-refractivity contribution is -0.131. The van der Waals surface area contributed by atoms with E-state index in [0.29, 0.717) is 20.3 Å². The van der Waals surface area contributed by atoms with Crippen molar-refractivity contribution in [2.75, 3.05) is 0 Å². The molecule has 4 rings (SSSR count). The molecule has 2 aliphatic heterocycles. The Labute approximate surface area is 187 Å². The van der Waals surface area contributed by atoms with Crippen LogP contribution in [0.15, 0.2) is 69.6 Å². The number of rotatable bonds is 2. The van der Waals surface area contributed by atoms with E-state index >= 15 is 0 Å². The number of nitrogens with zero attached hydrogens (tertiary/aromatic N) is 3. The lowest BCUT2D eigenvalue weighted by Gasteiger charge is -2.30. The second-order valence-corrected chi connectivity index (χ2v) is 9.47. The molecule has 1 unspecified atom stereocenters. The fourth-order valence-electron chi connectivity index (χ4n) is 3.07. The number of carbonyl (C=O) groups is 2. The van der Waals surface area contributed by atoms with Crippen LogP contribution in [0, 0.1) is 0 Å². The van der Waals surface area contributed by atoms with Crippen LogP contribution in [0.3, 0.4) is 0 Å². The highest BCUT2D eigenvalue weighted by Crippen LogP contribution is 2.46. The first-order chi connectivity index (χ1) is 14.4. The van der Waals surface area contributed by atoms with Crippen LogP contribution in [-0.2, 0) is 14.5 Å². The molecule has 0 aromatic heterocycles. The highest BCUT2D eigenvalue weighted by molar-refractivity contribution is 8.19. The van der Waals surface area contributed by atoms with Crippen molar-refractivity contribution in [3.8, 4) is 0 Å². The SMILES string of the molecule is CC(=O)N1N=C(N=C2NC(=O)/C(=C/c3ccccc3Cl)S2)SC1(C)c1ccccc1. The first-order valence-corrected chi connectivity index (χ1v) is 11.1. The minimum Gasteiger partial charge on any atom is -0.300 e. The minimum absolute atomic E-state index is 0.188. The Morgan fingerprint density at radius 3 is 2.60 bits per heavy atom. The summed E-state index contributed by atoms with van der Waals surface area (Å²) in [6.07, 6.45) is 1.73. The van der Waals surface area contributed by atoms with Gasteiger partial charge in [0.25, 0.3) is 5.91 Å². The molecule has 1 N–H and O–H groups in total. The maximum Gasteiger partial charge on any atom is 0.264 e. The maximum absolute atomic E-state index is 12.4. The zero-order chi connectivity index (χ0) is 21.3. The number of thioether (sulfide) groups is 2. The summed E-state index contributed by atoms with van der Waals surface area (Å²) >= 11 is 8.75. The molecule has 2 aliphatic rings. The second kappa shape index (κ2) is 8.29. The second-order valence-electron chi connectivity index (χ2n) is 6.67. The van der Waals surface area contributed by atoms with E-state index in [2.05, 4.69) is 15.4 Å². The Hall–Kier alpha value is -2.55. The third-order valence-corrected chi connectivity index (χ3v) is 6.94. The number of aliphatic imine (C=N–C) groups is 1. The third-order valence-electron chi connectivity index (χ3n) is 4.53. The zero-order valence-electron chi connectivity index (χ0n) is 16.1. The summed E-state index contributed by atoms with van der Waals surface area (Å²) < 4.78 is 0. The summed E-state index contributed by atoms with van der Waals surface area (Å²) in [5.74, 6) is -0.442. The first kappa shape index (κ1) is 20.7. The summed E-state index contributed by atoms with van der Waals surface area (Å²) in [6.45, 7) is 3.39. The van der Waals surface area contributed by atoms with Gasteiger partial charge in [0.1, 0.15) is 4.87 Å². The van der Waals surface area contributed by atoms with E-state index in [9.17, 15) is 9.59 Å². The molecule has 0 radical (unpaired) electrons. The van der Waals surface area contributed by atoms with Crippen molar-refractivity contribution < 1.29 is 9.59 Å². The van der Waals surface area contributed by atoms with Gasteiger partial charge in [-0.05, 0) is 53.7 Å². The molecule has 152 valence electrons. The predicted octanol–water partition coefficient (Wildman–Crippen LogP) is 4.64. The first-order valence-electron chi connectivity index (χ1n) is 9.05. The lowest BCUT2D eigenvalue weighted by atomic mass is 10.1. The van der Waals surface area contributed by atoms with E-state index in [4.69, 9.17) is 11.6 Å².